The van der Waals surface area contributed by atoms with Gasteiger partial charge in [0.15, 0.2) is 0 Å². The first-order valence-electron chi connectivity index (χ1n) is 5.04. The van der Waals surface area contributed by atoms with Gasteiger partial charge in [0.1, 0.15) is 12.4 Å². The standard InChI is InChI=1S/C12H11Cl2NOS/c13-10-5-8(6-15)1-3-11(10)16-7-9-2-4-12(14)17-9/h1-5H,6-7,15H2. The van der Waals surface area contributed by atoms with Gasteiger partial charge in [-0.05, 0) is 29.8 Å². The highest BCUT2D eigenvalue weighted by atomic mass is 35.5. The maximum atomic E-state index is 6.08. The molecule has 0 amide bonds. The minimum atomic E-state index is 0.471. The second-order valence-corrected chi connectivity index (χ2v) is 5.67. The van der Waals surface area contributed by atoms with Crippen LogP contribution in [0.15, 0.2) is 30.3 Å². The molecule has 2 aromatic rings. The molecule has 1 aromatic heterocycles. The Hall–Kier alpha value is -0.740. The Bertz CT molecular complexity index is 513. The van der Waals surface area contributed by atoms with E-state index < -0.39 is 0 Å². The molecule has 90 valence electrons. The number of ether oxygens (including phenoxy) is 1. The van der Waals surface area contributed by atoms with Crippen molar-refractivity contribution in [2.24, 2.45) is 5.73 Å². The van der Waals surface area contributed by atoms with Crippen LogP contribution in [0.5, 0.6) is 5.75 Å². The molecule has 0 aliphatic rings. The molecule has 0 atom stereocenters. The molecule has 0 bridgehead atoms. The molecule has 1 aromatic carbocycles. The molecule has 2 rings (SSSR count). The lowest BCUT2D eigenvalue weighted by atomic mass is 10.2. The number of benzene rings is 1. The topological polar surface area (TPSA) is 35.2 Å². The molecule has 0 spiro atoms. The van der Waals surface area contributed by atoms with Crippen molar-refractivity contribution in [3.8, 4) is 5.75 Å². The van der Waals surface area contributed by atoms with Gasteiger partial charge in [-0.15, -0.1) is 11.3 Å². The summed E-state index contributed by atoms with van der Waals surface area (Å²) in [7, 11) is 0. The minimum Gasteiger partial charge on any atom is -0.487 e. The van der Waals surface area contributed by atoms with E-state index in [9.17, 15) is 0 Å². The lowest BCUT2D eigenvalue weighted by molar-refractivity contribution is 0.310. The van der Waals surface area contributed by atoms with E-state index in [1.807, 2.05) is 30.3 Å². The van der Waals surface area contributed by atoms with Crippen molar-refractivity contribution in [2.45, 2.75) is 13.2 Å². The van der Waals surface area contributed by atoms with E-state index in [0.717, 1.165) is 14.8 Å². The van der Waals surface area contributed by atoms with Gasteiger partial charge in [0.25, 0.3) is 0 Å². The van der Waals surface area contributed by atoms with Gasteiger partial charge in [-0.3, -0.25) is 0 Å². The molecule has 17 heavy (non-hydrogen) atoms. The molecule has 0 unspecified atom stereocenters. The van der Waals surface area contributed by atoms with Crippen molar-refractivity contribution in [3.63, 3.8) is 0 Å². The molecular formula is C12H11Cl2NOS. The van der Waals surface area contributed by atoms with Gasteiger partial charge in [0.2, 0.25) is 0 Å². The average molecular weight is 288 g/mol. The smallest absolute Gasteiger partial charge is 0.138 e. The zero-order valence-corrected chi connectivity index (χ0v) is 11.3. The fraction of sp³-hybridized carbons (Fsp3) is 0.167. The Labute approximate surface area is 114 Å². The summed E-state index contributed by atoms with van der Waals surface area (Å²) in [6.07, 6.45) is 0. The SMILES string of the molecule is NCc1ccc(OCc2ccc(Cl)s2)c(Cl)c1. The second-order valence-electron chi connectivity index (χ2n) is 3.46. The number of nitrogens with two attached hydrogens (primary N) is 1. The fourth-order valence-electron chi connectivity index (χ4n) is 1.37. The van der Waals surface area contributed by atoms with Crippen LogP contribution in [0.1, 0.15) is 10.4 Å². The third kappa shape index (κ3) is 3.36. The number of hydrogen-bond acceptors (Lipinski definition) is 3. The lowest BCUT2D eigenvalue weighted by Crippen LogP contribution is -1.98. The number of thiophene rings is 1. The Morgan fingerprint density at radius 2 is 2.00 bits per heavy atom. The van der Waals surface area contributed by atoms with Crippen molar-refractivity contribution >= 4 is 34.5 Å². The predicted molar refractivity (Wildman–Crippen MR) is 73.0 cm³/mol. The van der Waals surface area contributed by atoms with Crippen molar-refractivity contribution in [1.82, 2.24) is 0 Å². The van der Waals surface area contributed by atoms with Crippen LogP contribution in [0, 0.1) is 0 Å². The molecule has 0 aliphatic heterocycles. The quantitative estimate of drug-likeness (QED) is 0.919. The van der Waals surface area contributed by atoms with Crippen LogP contribution in [-0.4, -0.2) is 0 Å². The molecule has 0 radical (unpaired) electrons. The molecule has 0 saturated carbocycles. The summed E-state index contributed by atoms with van der Waals surface area (Å²) >= 11 is 13.4. The van der Waals surface area contributed by atoms with Crippen LogP contribution in [0.3, 0.4) is 0 Å². The zero-order chi connectivity index (χ0) is 12.3. The van der Waals surface area contributed by atoms with Crippen molar-refractivity contribution in [2.75, 3.05) is 0 Å². The van der Waals surface area contributed by atoms with E-state index in [-0.39, 0.29) is 0 Å². The van der Waals surface area contributed by atoms with Gasteiger partial charge >= 0.3 is 0 Å². The molecule has 2 nitrogen and oxygen atoms in total. The zero-order valence-electron chi connectivity index (χ0n) is 8.95. The molecule has 0 aliphatic carbocycles. The third-order valence-corrected chi connectivity index (χ3v) is 3.73. The second kappa shape index (κ2) is 5.74. The molecule has 5 heteroatoms. The first-order chi connectivity index (χ1) is 8.19. The van der Waals surface area contributed by atoms with Crippen LogP contribution < -0.4 is 10.5 Å². The van der Waals surface area contributed by atoms with E-state index in [1.54, 1.807) is 0 Å². The Balaban J connectivity index is 2.04. The summed E-state index contributed by atoms with van der Waals surface area (Å²) in [6, 6.07) is 9.35. The fourth-order valence-corrected chi connectivity index (χ4v) is 2.63. The molecule has 0 fully saturated rings. The van der Waals surface area contributed by atoms with Crippen LogP contribution in [0.25, 0.3) is 0 Å². The largest absolute Gasteiger partial charge is 0.487 e. The van der Waals surface area contributed by atoms with Gasteiger partial charge in [-0.2, -0.15) is 0 Å². The molecule has 1 heterocycles. The van der Waals surface area contributed by atoms with Crippen LogP contribution in [0.4, 0.5) is 0 Å². The number of rotatable bonds is 4. The van der Waals surface area contributed by atoms with Gasteiger partial charge in [0.05, 0.1) is 9.36 Å². The average Bonchev–Trinajstić information content (AvgIpc) is 2.73. The summed E-state index contributed by atoms with van der Waals surface area (Å²) in [4.78, 5) is 1.06. The Kier molecular flexibility index (Phi) is 4.29. The summed E-state index contributed by atoms with van der Waals surface area (Å²) in [6.45, 7) is 0.944. The molecular weight excluding hydrogens is 277 g/mol. The lowest BCUT2D eigenvalue weighted by Gasteiger charge is -2.07. The van der Waals surface area contributed by atoms with Crippen molar-refractivity contribution in [3.05, 3.63) is 50.1 Å². The van der Waals surface area contributed by atoms with Gasteiger partial charge < -0.3 is 10.5 Å². The Morgan fingerprint density at radius 3 is 2.59 bits per heavy atom. The number of halogens is 2. The highest BCUT2D eigenvalue weighted by Crippen LogP contribution is 2.28. The summed E-state index contributed by atoms with van der Waals surface area (Å²) in [5, 5.41) is 0.579. The number of hydrogen-bond donors (Lipinski definition) is 1. The van der Waals surface area contributed by atoms with E-state index >= 15 is 0 Å². The predicted octanol–water partition coefficient (Wildman–Crippen LogP) is 4.09. The minimum absolute atomic E-state index is 0.471. The third-order valence-electron chi connectivity index (χ3n) is 2.23. The molecule has 0 saturated heterocycles. The van der Waals surface area contributed by atoms with Crippen LogP contribution in [0.2, 0.25) is 9.36 Å². The van der Waals surface area contributed by atoms with E-state index in [4.69, 9.17) is 33.7 Å². The monoisotopic (exact) mass is 287 g/mol. The van der Waals surface area contributed by atoms with Gasteiger partial charge in [0, 0.05) is 11.4 Å². The first kappa shape index (κ1) is 12.7. The first-order valence-corrected chi connectivity index (χ1v) is 6.62. The maximum Gasteiger partial charge on any atom is 0.138 e. The maximum absolute atomic E-state index is 6.08. The van der Waals surface area contributed by atoms with E-state index in [0.29, 0.717) is 23.9 Å². The summed E-state index contributed by atoms with van der Waals surface area (Å²) < 4.78 is 6.37. The highest BCUT2D eigenvalue weighted by molar-refractivity contribution is 7.16. The normalized spacial score (nSPS) is 10.5. The van der Waals surface area contributed by atoms with Gasteiger partial charge in [-0.25, -0.2) is 0 Å². The van der Waals surface area contributed by atoms with E-state index in [1.165, 1.54) is 11.3 Å². The van der Waals surface area contributed by atoms with Crippen LogP contribution >= 0.6 is 34.5 Å². The summed E-state index contributed by atoms with van der Waals surface area (Å²) in [5.74, 6) is 0.661. The van der Waals surface area contributed by atoms with Crippen LogP contribution in [-0.2, 0) is 13.2 Å². The summed E-state index contributed by atoms with van der Waals surface area (Å²) in [5.41, 5.74) is 6.51. The van der Waals surface area contributed by atoms with E-state index in [2.05, 4.69) is 0 Å². The Morgan fingerprint density at radius 1 is 1.18 bits per heavy atom. The van der Waals surface area contributed by atoms with Gasteiger partial charge in [-0.1, -0.05) is 29.3 Å². The van der Waals surface area contributed by atoms with Crippen molar-refractivity contribution < 1.29 is 4.74 Å². The van der Waals surface area contributed by atoms with Crippen molar-refractivity contribution in [1.29, 1.82) is 0 Å². The highest BCUT2D eigenvalue weighted by Gasteiger charge is 2.04. The molecule has 2 N–H and O–H groups in total.